The summed E-state index contributed by atoms with van der Waals surface area (Å²) < 4.78 is 6.53. The summed E-state index contributed by atoms with van der Waals surface area (Å²) in [6.45, 7) is 3.45. The van der Waals surface area contributed by atoms with Crippen LogP contribution in [0.2, 0.25) is 0 Å². The minimum absolute atomic E-state index is 0.0539. The average Bonchev–Trinajstić information content (AvgIpc) is 2.36. The monoisotopic (exact) mass is 314 g/mol. The molecular weight excluding hydrogens is 296 g/mol. The molecule has 0 aliphatic carbocycles. The van der Waals surface area contributed by atoms with E-state index in [4.69, 9.17) is 4.74 Å². The number of ether oxygens (including phenoxy) is 1. The SMILES string of the molecule is CCCNC(=O)COc1ccc(Br)cc1CNC. The van der Waals surface area contributed by atoms with Crippen LogP contribution in [0.1, 0.15) is 18.9 Å². The fourth-order valence-electron chi connectivity index (χ4n) is 1.48. The molecule has 1 amide bonds. The van der Waals surface area contributed by atoms with Gasteiger partial charge in [-0.05, 0) is 31.7 Å². The zero-order valence-electron chi connectivity index (χ0n) is 10.8. The number of carbonyl (C=O) groups is 1. The van der Waals surface area contributed by atoms with Crippen molar-refractivity contribution in [2.45, 2.75) is 19.9 Å². The molecule has 1 aromatic rings. The molecule has 18 heavy (non-hydrogen) atoms. The van der Waals surface area contributed by atoms with Crippen LogP contribution >= 0.6 is 15.9 Å². The summed E-state index contributed by atoms with van der Waals surface area (Å²) in [4.78, 5) is 11.5. The Labute approximate surface area is 116 Å². The van der Waals surface area contributed by atoms with Crippen LogP contribution in [0.4, 0.5) is 0 Å². The topological polar surface area (TPSA) is 50.4 Å². The molecule has 0 bridgehead atoms. The van der Waals surface area contributed by atoms with Crippen molar-refractivity contribution in [3.05, 3.63) is 28.2 Å². The number of amides is 1. The highest BCUT2D eigenvalue weighted by Crippen LogP contribution is 2.23. The van der Waals surface area contributed by atoms with Crippen LogP contribution in [0.3, 0.4) is 0 Å². The summed E-state index contributed by atoms with van der Waals surface area (Å²) in [5.41, 5.74) is 1.02. The van der Waals surface area contributed by atoms with E-state index < -0.39 is 0 Å². The Balaban J connectivity index is 2.58. The van der Waals surface area contributed by atoms with Crippen molar-refractivity contribution in [3.63, 3.8) is 0 Å². The Morgan fingerprint density at radius 2 is 2.22 bits per heavy atom. The van der Waals surface area contributed by atoms with Gasteiger partial charge in [-0.2, -0.15) is 0 Å². The number of carbonyl (C=O) groups excluding carboxylic acids is 1. The maximum Gasteiger partial charge on any atom is 0.257 e. The number of hydrogen-bond donors (Lipinski definition) is 2. The molecule has 0 heterocycles. The van der Waals surface area contributed by atoms with Crippen LogP contribution < -0.4 is 15.4 Å². The number of halogens is 1. The van der Waals surface area contributed by atoms with Crippen LogP contribution in [-0.2, 0) is 11.3 Å². The molecule has 4 nitrogen and oxygen atoms in total. The molecular formula is C13H19BrN2O2. The molecule has 0 spiro atoms. The van der Waals surface area contributed by atoms with Gasteiger partial charge >= 0.3 is 0 Å². The van der Waals surface area contributed by atoms with Crippen LogP contribution in [0.25, 0.3) is 0 Å². The normalized spacial score (nSPS) is 10.2. The third-order valence-electron chi connectivity index (χ3n) is 2.32. The van der Waals surface area contributed by atoms with E-state index in [2.05, 4.69) is 26.6 Å². The average molecular weight is 315 g/mol. The van der Waals surface area contributed by atoms with Crippen LogP contribution in [-0.4, -0.2) is 26.1 Å². The minimum atomic E-state index is -0.0878. The highest BCUT2D eigenvalue weighted by atomic mass is 79.9. The Hall–Kier alpha value is -1.07. The highest BCUT2D eigenvalue weighted by molar-refractivity contribution is 9.10. The number of hydrogen-bond acceptors (Lipinski definition) is 3. The number of benzene rings is 1. The van der Waals surface area contributed by atoms with E-state index in [0.717, 1.165) is 22.2 Å². The second kappa shape index (κ2) is 8.11. The van der Waals surface area contributed by atoms with E-state index in [1.165, 1.54) is 0 Å². The lowest BCUT2D eigenvalue weighted by Gasteiger charge is -2.11. The summed E-state index contributed by atoms with van der Waals surface area (Å²) >= 11 is 3.42. The summed E-state index contributed by atoms with van der Waals surface area (Å²) in [7, 11) is 1.87. The largest absolute Gasteiger partial charge is 0.483 e. The van der Waals surface area contributed by atoms with Gasteiger partial charge < -0.3 is 15.4 Å². The first kappa shape index (κ1) is 15.0. The van der Waals surface area contributed by atoms with Crippen molar-refractivity contribution in [3.8, 4) is 5.75 Å². The van der Waals surface area contributed by atoms with E-state index in [1.54, 1.807) is 0 Å². The number of nitrogens with one attached hydrogen (secondary N) is 2. The van der Waals surface area contributed by atoms with Crippen molar-refractivity contribution in [1.29, 1.82) is 0 Å². The fourth-order valence-corrected chi connectivity index (χ4v) is 1.88. The molecule has 0 unspecified atom stereocenters. The van der Waals surface area contributed by atoms with Gasteiger partial charge in [-0.15, -0.1) is 0 Å². The van der Waals surface area contributed by atoms with Gasteiger partial charge in [0.15, 0.2) is 6.61 Å². The predicted octanol–water partition coefficient (Wildman–Crippen LogP) is 2.07. The Bertz CT molecular complexity index is 397. The van der Waals surface area contributed by atoms with E-state index in [0.29, 0.717) is 13.1 Å². The first-order valence-corrected chi connectivity index (χ1v) is 6.79. The summed E-state index contributed by atoms with van der Waals surface area (Å²) in [5.74, 6) is 0.648. The lowest BCUT2D eigenvalue weighted by Crippen LogP contribution is -2.29. The molecule has 0 aliphatic rings. The van der Waals surface area contributed by atoms with Crippen LogP contribution in [0.15, 0.2) is 22.7 Å². The zero-order chi connectivity index (χ0) is 13.4. The van der Waals surface area contributed by atoms with Gasteiger partial charge in [0.05, 0.1) is 0 Å². The van der Waals surface area contributed by atoms with Gasteiger partial charge in [0, 0.05) is 23.1 Å². The van der Waals surface area contributed by atoms with Crippen molar-refractivity contribution < 1.29 is 9.53 Å². The third-order valence-corrected chi connectivity index (χ3v) is 2.81. The van der Waals surface area contributed by atoms with Crippen LogP contribution in [0.5, 0.6) is 5.75 Å². The van der Waals surface area contributed by atoms with Gasteiger partial charge in [-0.3, -0.25) is 4.79 Å². The van der Waals surface area contributed by atoms with Gasteiger partial charge in [-0.1, -0.05) is 22.9 Å². The maximum absolute atomic E-state index is 11.5. The molecule has 100 valence electrons. The quantitative estimate of drug-likeness (QED) is 0.810. The van der Waals surface area contributed by atoms with E-state index in [1.807, 2.05) is 32.2 Å². The Kier molecular flexibility index (Phi) is 6.75. The summed E-state index contributed by atoms with van der Waals surface area (Å²) in [6, 6.07) is 5.75. The highest BCUT2D eigenvalue weighted by Gasteiger charge is 2.06. The molecule has 0 saturated carbocycles. The van der Waals surface area contributed by atoms with Gasteiger partial charge in [0.25, 0.3) is 5.91 Å². The molecule has 5 heteroatoms. The summed E-state index contributed by atoms with van der Waals surface area (Å²) in [5, 5.41) is 5.85. The second-order valence-electron chi connectivity index (χ2n) is 3.92. The molecule has 1 rings (SSSR count). The Morgan fingerprint density at radius 1 is 1.44 bits per heavy atom. The van der Waals surface area contributed by atoms with Crippen molar-refractivity contribution in [2.24, 2.45) is 0 Å². The molecule has 0 saturated heterocycles. The van der Waals surface area contributed by atoms with E-state index in [-0.39, 0.29) is 12.5 Å². The van der Waals surface area contributed by atoms with E-state index >= 15 is 0 Å². The molecule has 0 fully saturated rings. The van der Waals surface area contributed by atoms with Crippen LogP contribution in [0, 0.1) is 0 Å². The molecule has 0 aromatic heterocycles. The Morgan fingerprint density at radius 3 is 2.89 bits per heavy atom. The van der Waals surface area contributed by atoms with Gasteiger partial charge in [-0.25, -0.2) is 0 Å². The number of rotatable bonds is 7. The van der Waals surface area contributed by atoms with Gasteiger partial charge in [0.1, 0.15) is 5.75 Å². The molecule has 2 N–H and O–H groups in total. The lowest BCUT2D eigenvalue weighted by atomic mass is 10.2. The van der Waals surface area contributed by atoms with Crippen molar-refractivity contribution in [2.75, 3.05) is 20.2 Å². The fraction of sp³-hybridized carbons (Fsp3) is 0.462. The third kappa shape index (κ3) is 5.06. The van der Waals surface area contributed by atoms with Crippen molar-refractivity contribution >= 4 is 21.8 Å². The maximum atomic E-state index is 11.5. The second-order valence-corrected chi connectivity index (χ2v) is 4.84. The standard InChI is InChI=1S/C13H19BrN2O2/c1-3-6-16-13(17)9-18-12-5-4-11(14)7-10(12)8-15-2/h4-5,7,15H,3,6,8-9H2,1-2H3,(H,16,17). The molecule has 0 radical (unpaired) electrons. The molecule has 1 aromatic carbocycles. The smallest absolute Gasteiger partial charge is 0.257 e. The van der Waals surface area contributed by atoms with E-state index in [9.17, 15) is 4.79 Å². The van der Waals surface area contributed by atoms with Crippen molar-refractivity contribution in [1.82, 2.24) is 10.6 Å². The summed E-state index contributed by atoms with van der Waals surface area (Å²) in [6.07, 6.45) is 0.926. The zero-order valence-corrected chi connectivity index (χ0v) is 12.3. The predicted molar refractivity (Wildman–Crippen MR) is 75.7 cm³/mol. The molecule has 0 atom stereocenters. The minimum Gasteiger partial charge on any atom is -0.483 e. The lowest BCUT2D eigenvalue weighted by molar-refractivity contribution is -0.123. The first-order valence-electron chi connectivity index (χ1n) is 6.00. The molecule has 0 aliphatic heterocycles. The first-order chi connectivity index (χ1) is 8.67. The van der Waals surface area contributed by atoms with Gasteiger partial charge in [0.2, 0.25) is 0 Å².